The highest BCUT2D eigenvalue weighted by Crippen LogP contribution is 2.45. The minimum atomic E-state index is -4.92. The topological polar surface area (TPSA) is 122 Å². The van der Waals surface area contributed by atoms with Gasteiger partial charge in [0.2, 0.25) is 11.8 Å². The van der Waals surface area contributed by atoms with Crippen molar-refractivity contribution in [2.24, 2.45) is 7.05 Å². The van der Waals surface area contributed by atoms with Gasteiger partial charge in [-0.15, -0.1) is 13.2 Å². The van der Waals surface area contributed by atoms with Crippen LogP contribution in [0.4, 0.5) is 30.2 Å². The maximum Gasteiger partial charge on any atom is 0.573 e. The maximum atomic E-state index is 14.0. The first-order chi connectivity index (χ1) is 27.3. The summed E-state index contributed by atoms with van der Waals surface area (Å²) in [5.74, 6) is -1.29. The van der Waals surface area contributed by atoms with Gasteiger partial charge >= 0.3 is 6.36 Å². The summed E-state index contributed by atoms with van der Waals surface area (Å²) in [7, 11) is 1.72. The number of amides is 3. The van der Waals surface area contributed by atoms with E-state index in [9.17, 15) is 32.3 Å². The van der Waals surface area contributed by atoms with Crippen LogP contribution < -0.4 is 25.4 Å². The van der Waals surface area contributed by atoms with Crippen LogP contribution in [0.3, 0.4) is 0 Å². The number of nitrogens with one attached hydrogen (secondary N) is 1. The van der Waals surface area contributed by atoms with Crippen molar-refractivity contribution in [1.82, 2.24) is 24.6 Å². The van der Waals surface area contributed by atoms with Crippen molar-refractivity contribution < 1.29 is 32.3 Å². The summed E-state index contributed by atoms with van der Waals surface area (Å²) < 4.78 is 50.1. The number of aryl methyl sites for hydroxylation is 3. The van der Waals surface area contributed by atoms with Crippen LogP contribution in [0.15, 0.2) is 71.8 Å². The zero-order chi connectivity index (χ0) is 39.7. The third kappa shape index (κ3) is 6.57. The van der Waals surface area contributed by atoms with Gasteiger partial charge in [0.1, 0.15) is 11.8 Å². The fourth-order valence-electron chi connectivity index (χ4n) is 8.99. The van der Waals surface area contributed by atoms with E-state index in [1.165, 1.54) is 6.07 Å². The number of alkyl halides is 3. The highest BCUT2D eigenvalue weighted by atomic mass is 19.4. The number of carbonyl (C=O) groups excluding carboxylic acids is 3. The van der Waals surface area contributed by atoms with Crippen LogP contribution in [0, 0.1) is 6.92 Å². The van der Waals surface area contributed by atoms with E-state index in [0.717, 1.165) is 52.7 Å². The number of hydrogen-bond donors (Lipinski definition) is 1. The van der Waals surface area contributed by atoms with Crippen LogP contribution >= 0.6 is 0 Å². The van der Waals surface area contributed by atoms with Gasteiger partial charge in [-0.1, -0.05) is 6.07 Å². The molecule has 57 heavy (non-hydrogen) atoms. The number of fused-ring (bicyclic) bond motifs is 3. The Balaban J connectivity index is 0.945. The van der Waals surface area contributed by atoms with E-state index < -0.39 is 18.3 Å². The average molecular weight is 780 g/mol. The zero-order valence-corrected chi connectivity index (χ0v) is 31.4. The standard InChI is InChI=1S/C42H40F3N7O5/c1-24-17-32-33(48(2)40(24)55)6-3-7-34(32)50-14-4-5-25-19-31(37(20-36(25)50)57-42(43,44)45)27-21-46-52(23-27)28-12-15-49(16-13-28)29-8-9-30-26(18-29)22-51(41(30)56)35-10-11-38(53)47-39(35)54/h3,6-9,17-21,23,28,35H,4-5,10-16,22H2,1-2H3,(H,47,53,54). The molecule has 12 nitrogen and oxygen atoms in total. The number of nitrogens with zero attached hydrogens (tertiary/aromatic N) is 6. The van der Waals surface area contributed by atoms with Crippen LogP contribution in [-0.4, -0.2) is 69.0 Å². The second-order valence-electron chi connectivity index (χ2n) is 15.4. The summed E-state index contributed by atoms with van der Waals surface area (Å²) in [6.45, 7) is 4.03. The second kappa shape index (κ2) is 13.8. The number of hydrogen-bond acceptors (Lipinski definition) is 8. The molecule has 4 aliphatic heterocycles. The predicted molar refractivity (Wildman–Crippen MR) is 207 cm³/mol. The first kappa shape index (κ1) is 36.5. The number of imide groups is 1. The summed E-state index contributed by atoms with van der Waals surface area (Å²) >= 11 is 0. The Hall–Kier alpha value is -6.12. The number of anilines is 3. The summed E-state index contributed by atoms with van der Waals surface area (Å²) in [6.07, 6.45) is 1.89. The molecule has 6 heterocycles. The van der Waals surface area contributed by atoms with Crippen LogP contribution in [0.5, 0.6) is 5.75 Å². The first-order valence-corrected chi connectivity index (χ1v) is 19.2. The van der Waals surface area contributed by atoms with E-state index in [-0.39, 0.29) is 35.6 Å². The Morgan fingerprint density at radius 1 is 0.877 bits per heavy atom. The zero-order valence-electron chi connectivity index (χ0n) is 31.4. The quantitative estimate of drug-likeness (QED) is 0.200. The lowest BCUT2D eigenvalue weighted by molar-refractivity contribution is -0.274. The molecule has 0 radical (unpaired) electrons. The number of rotatable bonds is 6. The van der Waals surface area contributed by atoms with Gasteiger partial charge in [0.05, 0.1) is 23.4 Å². The lowest BCUT2D eigenvalue weighted by Gasteiger charge is -2.34. The van der Waals surface area contributed by atoms with Gasteiger partial charge in [-0.2, -0.15) is 5.10 Å². The van der Waals surface area contributed by atoms with E-state index in [2.05, 4.69) is 15.3 Å². The van der Waals surface area contributed by atoms with E-state index in [0.29, 0.717) is 67.0 Å². The number of carbonyl (C=O) groups is 3. The average Bonchev–Trinajstić information content (AvgIpc) is 3.81. The number of piperidine rings is 2. The number of ether oxygens (including phenoxy) is 1. The molecule has 0 bridgehead atoms. The van der Waals surface area contributed by atoms with Gasteiger partial charge < -0.3 is 24.0 Å². The Kier molecular flexibility index (Phi) is 8.85. The molecule has 4 aliphatic rings. The number of halogens is 3. The minimum Gasteiger partial charge on any atom is -0.405 e. The van der Waals surface area contributed by atoms with Crippen LogP contribution in [-0.2, 0) is 29.6 Å². The normalized spacial score (nSPS) is 18.9. The van der Waals surface area contributed by atoms with Crippen LogP contribution in [0.2, 0.25) is 0 Å². The Morgan fingerprint density at radius 3 is 2.46 bits per heavy atom. The predicted octanol–water partition coefficient (Wildman–Crippen LogP) is 6.30. The van der Waals surface area contributed by atoms with Crippen molar-refractivity contribution in [3.8, 4) is 16.9 Å². The molecule has 2 aromatic heterocycles. The third-order valence-corrected chi connectivity index (χ3v) is 11.9. The van der Waals surface area contributed by atoms with E-state index in [1.54, 1.807) is 48.0 Å². The lowest BCUT2D eigenvalue weighted by Crippen LogP contribution is -2.52. The highest BCUT2D eigenvalue weighted by molar-refractivity contribution is 6.05. The molecule has 1 N–H and O–H groups in total. The van der Waals surface area contributed by atoms with E-state index >= 15 is 0 Å². The minimum absolute atomic E-state index is 0.0138. The molecule has 2 saturated heterocycles. The van der Waals surface area contributed by atoms with Gasteiger partial charge in [0, 0.05) is 90.9 Å². The van der Waals surface area contributed by atoms with Crippen LogP contribution in [0.25, 0.3) is 22.0 Å². The van der Waals surface area contributed by atoms with Crippen molar-refractivity contribution in [3.63, 3.8) is 0 Å². The van der Waals surface area contributed by atoms with Gasteiger partial charge in [0.15, 0.2) is 0 Å². The molecular weight excluding hydrogens is 740 g/mol. The van der Waals surface area contributed by atoms with Crippen molar-refractivity contribution in [3.05, 3.63) is 99.6 Å². The Labute approximate surface area is 325 Å². The maximum absolute atomic E-state index is 14.0. The van der Waals surface area contributed by atoms with Crippen LogP contribution in [0.1, 0.15) is 65.2 Å². The molecule has 2 fully saturated rings. The number of benzene rings is 3. The third-order valence-electron chi connectivity index (χ3n) is 11.9. The molecule has 294 valence electrons. The molecule has 15 heteroatoms. The SMILES string of the molecule is Cc1cc2c(N3CCCc4cc(-c5cnn(C6CCN(c7ccc8c(c7)CN(C7CCC(=O)NC7=O)C8=O)CC6)c5)c(OC(F)(F)F)cc43)cccc2n(C)c1=O. The molecule has 5 aromatic rings. The van der Waals surface area contributed by atoms with Gasteiger partial charge in [0.25, 0.3) is 11.5 Å². The van der Waals surface area contributed by atoms with E-state index in [1.807, 2.05) is 46.0 Å². The molecule has 1 unspecified atom stereocenters. The molecule has 0 aliphatic carbocycles. The van der Waals surface area contributed by atoms with Crippen molar-refractivity contribution in [2.75, 3.05) is 29.4 Å². The summed E-state index contributed by atoms with van der Waals surface area (Å²) in [5, 5.41) is 7.80. The smallest absolute Gasteiger partial charge is 0.405 e. The molecule has 3 aromatic carbocycles. The molecule has 0 saturated carbocycles. The van der Waals surface area contributed by atoms with Crippen molar-refractivity contribution >= 4 is 45.7 Å². The van der Waals surface area contributed by atoms with Crippen molar-refractivity contribution in [1.29, 1.82) is 0 Å². The Morgan fingerprint density at radius 2 is 1.68 bits per heavy atom. The van der Waals surface area contributed by atoms with Gasteiger partial charge in [-0.25, -0.2) is 0 Å². The second-order valence-corrected chi connectivity index (χ2v) is 15.4. The molecule has 3 amide bonds. The first-order valence-electron chi connectivity index (χ1n) is 19.2. The number of pyridine rings is 1. The fourth-order valence-corrected chi connectivity index (χ4v) is 8.99. The Bertz CT molecular complexity index is 2540. The molecule has 0 spiro atoms. The summed E-state index contributed by atoms with van der Waals surface area (Å²) in [5.41, 5.74) is 6.73. The van der Waals surface area contributed by atoms with Gasteiger partial charge in [-0.3, -0.25) is 29.2 Å². The monoisotopic (exact) mass is 779 g/mol. The fraction of sp³-hybridized carbons (Fsp3) is 0.357. The lowest BCUT2D eigenvalue weighted by atomic mass is 9.95. The van der Waals surface area contributed by atoms with Crippen molar-refractivity contribution in [2.45, 2.75) is 70.4 Å². The van der Waals surface area contributed by atoms with Gasteiger partial charge in [-0.05, 0) is 92.6 Å². The molecule has 9 rings (SSSR count). The summed E-state index contributed by atoms with van der Waals surface area (Å²) in [4.78, 5) is 55.8. The molecular formula is C42H40F3N7O5. The molecule has 1 atom stereocenters. The largest absolute Gasteiger partial charge is 0.573 e. The number of aromatic nitrogens is 3. The highest BCUT2D eigenvalue weighted by Gasteiger charge is 2.40. The summed E-state index contributed by atoms with van der Waals surface area (Å²) in [6, 6.07) is 15.8. The van der Waals surface area contributed by atoms with E-state index in [4.69, 9.17) is 4.74 Å².